The van der Waals surface area contributed by atoms with Gasteiger partial charge in [-0.3, -0.25) is 5.10 Å². The van der Waals surface area contributed by atoms with E-state index in [1.807, 2.05) is 24.3 Å². The lowest BCUT2D eigenvalue weighted by atomic mass is 10.0. The van der Waals surface area contributed by atoms with Gasteiger partial charge in [0.05, 0.1) is 11.3 Å². The van der Waals surface area contributed by atoms with Crippen LogP contribution in [-0.4, -0.2) is 10.2 Å². The zero-order valence-corrected chi connectivity index (χ0v) is 14.4. The van der Waals surface area contributed by atoms with E-state index in [0.717, 1.165) is 30.4 Å². The normalized spacial score (nSPS) is 10.8. The van der Waals surface area contributed by atoms with Crippen molar-refractivity contribution in [1.29, 1.82) is 0 Å². The molecule has 3 aromatic rings. The quantitative estimate of drug-likeness (QED) is 0.541. The van der Waals surface area contributed by atoms with Gasteiger partial charge >= 0.3 is 0 Å². The number of nitrogens with one attached hydrogen (secondary N) is 1. The SMILES string of the molecule is Nc1n[nH]c(-c2ccc(F)cc2I)c1-c1ccc(Br)cc1. The smallest absolute Gasteiger partial charge is 0.153 e. The molecule has 3 rings (SSSR count). The maximum atomic E-state index is 13.3. The number of halogens is 3. The number of anilines is 1. The van der Waals surface area contributed by atoms with Crippen LogP contribution in [0.15, 0.2) is 46.9 Å². The van der Waals surface area contributed by atoms with Crippen molar-refractivity contribution in [2.24, 2.45) is 0 Å². The summed E-state index contributed by atoms with van der Waals surface area (Å²) in [6, 6.07) is 12.5. The van der Waals surface area contributed by atoms with Crippen LogP contribution >= 0.6 is 38.5 Å². The Balaban J connectivity index is 2.19. The Bertz CT molecular complexity index is 799. The summed E-state index contributed by atoms with van der Waals surface area (Å²) in [5.41, 5.74) is 9.45. The third-order valence-corrected chi connectivity index (χ3v) is 4.55. The lowest BCUT2D eigenvalue weighted by Gasteiger charge is -2.07. The van der Waals surface area contributed by atoms with Crippen LogP contribution in [-0.2, 0) is 0 Å². The number of H-pyrrole nitrogens is 1. The third kappa shape index (κ3) is 2.82. The summed E-state index contributed by atoms with van der Waals surface area (Å²) >= 11 is 5.52. The molecule has 1 heterocycles. The molecule has 3 nitrogen and oxygen atoms in total. The van der Waals surface area contributed by atoms with Crippen molar-refractivity contribution in [3.63, 3.8) is 0 Å². The molecule has 0 aliphatic carbocycles. The summed E-state index contributed by atoms with van der Waals surface area (Å²) in [5, 5.41) is 7.05. The summed E-state index contributed by atoms with van der Waals surface area (Å²) in [6.45, 7) is 0. The first-order chi connectivity index (χ1) is 10.1. The molecule has 6 heteroatoms. The van der Waals surface area contributed by atoms with Crippen LogP contribution in [0.25, 0.3) is 22.4 Å². The molecule has 3 N–H and O–H groups in total. The van der Waals surface area contributed by atoms with Gasteiger partial charge in [0.25, 0.3) is 0 Å². The number of nitrogens with two attached hydrogens (primary N) is 1. The van der Waals surface area contributed by atoms with Gasteiger partial charge < -0.3 is 5.73 Å². The van der Waals surface area contributed by atoms with Crippen molar-refractivity contribution in [3.05, 3.63) is 56.3 Å². The lowest BCUT2D eigenvalue weighted by Crippen LogP contribution is -1.90. The summed E-state index contributed by atoms with van der Waals surface area (Å²) in [7, 11) is 0. The van der Waals surface area contributed by atoms with E-state index >= 15 is 0 Å². The Morgan fingerprint density at radius 2 is 1.86 bits per heavy atom. The molecule has 0 amide bonds. The van der Waals surface area contributed by atoms with Crippen molar-refractivity contribution < 1.29 is 4.39 Å². The van der Waals surface area contributed by atoms with E-state index in [0.29, 0.717) is 5.82 Å². The molecule has 0 saturated carbocycles. The van der Waals surface area contributed by atoms with Crippen molar-refractivity contribution >= 4 is 44.3 Å². The second kappa shape index (κ2) is 5.76. The molecule has 0 bridgehead atoms. The topological polar surface area (TPSA) is 54.7 Å². The fourth-order valence-electron chi connectivity index (χ4n) is 2.15. The highest BCUT2D eigenvalue weighted by Crippen LogP contribution is 2.37. The minimum Gasteiger partial charge on any atom is -0.382 e. The second-order valence-corrected chi connectivity index (χ2v) is 6.57. The fourth-order valence-corrected chi connectivity index (χ4v) is 3.16. The minimum absolute atomic E-state index is 0.263. The molecule has 0 radical (unpaired) electrons. The Morgan fingerprint density at radius 1 is 1.14 bits per heavy atom. The van der Waals surface area contributed by atoms with E-state index in [1.165, 1.54) is 12.1 Å². The number of aromatic nitrogens is 2. The van der Waals surface area contributed by atoms with Crippen LogP contribution in [0.5, 0.6) is 0 Å². The molecule has 0 atom stereocenters. The molecule has 2 aromatic carbocycles. The van der Waals surface area contributed by atoms with Gasteiger partial charge in [0.15, 0.2) is 5.82 Å². The predicted octanol–water partition coefficient (Wildman–Crippen LogP) is 4.83. The van der Waals surface area contributed by atoms with Crippen molar-refractivity contribution in [1.82, 2.24) is 10.2 Å². The number of nitrogens with zero attached hydrogens (tertiary/aromatic N) is 1. The number of benzene rings is 2. The molecular weight excluding hydrogens is 448 g/mol. The zero-order valence-electron chi connectivity index (χ0n) is 10.7. The van der Waals surface area contributed by atoms with Gasteiger partial charge in [-0.15, -0.1) is 0 Å². The van der Waals surface area contributed by atoms with E-state index < -0.39 is 0 Å². The molecule has 0 spiro atoms. The average Bonchev–Trinajstić information content (AvgIpc) is 2.82. The van der Waals surface area contributed by atoms with Gasteiger partial charge in [0.2, 0.25) is 0 Å². The number of hydrogen-bond donors (Lipinski definition) is 2. The van der Waals surface area contributed by atoms with E-state index in [4.69, 9.17) is 5.73 Å². The van der Waals surface area contributed by atoms with Gasteiger partial charge in [-0.2, -0.15) is 5.10 Å². The van der Waals surface area contributed by atoms with Crippen LogP contribution in [0.2, 0.25) is 0 Å². The van der Waals surface area contributed by atoms with Crippen molar-refractivity contribution in [2.45, 2.75) is 0 Å². The molecule has 0 fully saturated rings. The Kier molecular flexibility index (Phi) is 3.99. The molecule has 0 aliphatic heterocycles. The number of rotatable bonds is 2. The zero-order chi connectivity index (χ0) is 15.0. The molecule has 1 aromatic heterocycles. The van der Waals surface area contributed by atoms with Crippen LogP contribution in [0.4, 0.5) is 10.2 Å². The van der Waals surface area contributed by atoms with Crippen LogP contribution in [0.1, 0.15) is 0 Å². The summed E-state index contributed by atoms with van der Waals surface area (Å²) in [6.07, 6.45) is 0. The Morgan fingerprint density at radius 3 is 2.52 bits per heavy atom. The van der Waals surface area contributed by atoms with Crippen molar-refractivity contribution in [2.75, 3.05) is 5.73 Å². The summed E-state index contributed by atoms with van der Waals surface area (Å²) in [5.74, 6) is 0.160. The molecule has 106 valence electrons. The minimum atomic E-state index is -0.263. The number of nitrogen functional groups attached to an aromatic ring is 1. The molecule has 0 unspecified atom stereocenters. The highest BCUT2D eigenvalue weighted by molar-refractivity contribution is 14.1. The maximum Gasteiger partial charge on any atom is 0.153 e. The van der Waals surface area contributed by atoms with Gasteiger partial charge in [0, 0.05) is 13.6 Å². The monoisotopic (exact) mass is 457 g/mol. The highest BCUT2D eigenvalue weighted by atomic mass is 127. The first-order valence-corrected chi connectivity index (χ1v) is 7.98. The van der Waals surface area contributed by atoms with Gasteiger partial charge in [-0.25, -0.2) is 4.39 Å². The Labute approximate surface area is 143 Å². The first-order valence-electron chi connectivity index (χ1n) is 6.11. The van der Waals surface area contributed by atoms with Crippen molar-refractivity contribution in [3.8, 4) is 22.4 Å². The lowest BCUT2D eigenvalue weighted by molar-refractivity contribution is 0.627. The molecular formula is C15H10BrFIN3. The summed E-state index contributed by atoms with van der Waals surface area (Å²) < 4.78 is 15.1. The standard InChI is InChI=1S/C15H10BrFIN3/c16-9-3-1-8(2-4-9)13-14(20-21-15(13)19)11-6-5-10(17)7-12(11)18/h1-7H,(H3,19,20,21). The number of aromatic amines is 1. The van der Waals surface area contributed by atoms with Gasteiger partial charge in [-0.05, 0) is 58.5 Å². The second-order valence-electron chi connectivity index (χ2n) is 4.49. The largest absolute Gasteiger partial charge is 0.382 e. The average molecular weight is 458 g/mol. The maximum absolute atomic E-state index is 13.3. The molecule has 21 heavy (non-hydrogen) atoms. The Hall–Kier alpha value is -1.41. The van der Waals surface area contributed by atoms with E-state index in [2.05, 4.69) is 48.7 Å². The van der Waals surface area contributed by atoms with Gasteiger partial charge in [0.1, 0.15) is 5.82 Å². The molecule has 0 aliphatic rings. The fraction of sp³-hybridized carbons (Fsp3) is 0. The van der Waals surface area contributed by atoms with Crippen LogP contribution in [0, 0.1) is 9.39 Å². The van der Waals surface area contributed by atoms with E-state index in [1.54, 1.807) is 6.07 Å². The first kappa shape index (κ1) is 14.5. The number of hydrogen-bond acceptors (Lipinski definition) is 2. The summed E-state index contributed by atoms with van der Waals surface area (Å²) in [4.78, 5) is 0. The van der Waals surface area contributed by atoms with E-state index in [-0.39, 0.29) is 5.82 Å². The third-order valence-electron chi connectivity index (χ3n) is 3.13. The molecule has 0 saturated heterocycles. The predicted molar refractivity (Wildman–Crippen MR) is 94.2 cm³/mol. The highest BCUT2D eigenvalue weighted by Gasteiger charge is 2.16. The van der Waals surface area contributed by atoms with Crippen LogP contribution in [0.3, 0.4) is 0 Å². The van der Waals surface area contributed by atoms with Crippen LogP contribution < -0.4 is 5.73 Å². The van der Waals surface area contributed by atoms with E-state index in [9.17, 15) is 4.39 Å². The van der Waals surface area contributed by atoms with Gasteiger partial charge in [-0.1, -0.05) is 28.1 Å².